The molecular formula is C20H24N3O5+. The quantitative estimate of drug-likeness (QED) is 0.595. The van der Waals surface area contributed by atoms with Gasteiger partial charge < -0.3 is 19.3 Å². The molecule has 0 aliphatic carbocycles. The van der Waals surface area contributed by atoms with Crippen molar-refractivity contribution in [2.45, 2.75) is 6.54 Å². The smallest absolute Gasteiger partial charge is 0.270 e. The Morgan fingerprint density at radius 1 is 1.11 bits per heavy atom. The Morgan fingerprint density at radius 2 is 1.82 bits per heavy atom. The van der Waals surface area contributed by atoms with Crippen molar-refractivity contribution in [2.24, 2.45) is 0 Å². The molecule has 0 spiro atoms. The third kappa shape index (κ3) is 4.40. The summed E-state index contributed by atoms with van der Waals surface area (Å²) >= 11 is 0. The Balaban J connectivity index is 1.59. The lowest BCUT2D eigenvalue weighted by Gasteiger charge is -2.32. The van der Waals surface area contributed by atoms with Crippen molar-refractivity contribution in [3.05, 3.63) is 63.7 Å². The maximum absolute atomic E-state index is 12.7. The molecule has 0 unspecified atom stereocenters. The molecule has 28 heavy (non-hydrogen) atoms. The molecule has 2 aromatic rings. The molecule has 1 aliphatic heterocycles. The van der Waals surface area contributed by atoms with Crippen LogP contribution < -0.4 is 14.4 Å². The maximum atomic E-state index is 12.7. The number of carbonyl (C=O) groups excluding carboxylic acids is 1. The molecule has 8 nitrogen and oxygen atoms in total. The minimum atomic E-state index is -0.484. The first-order valence-corrected chi connectivity index (χ1v) is 9.10. The van der Waals surface area contributed by atoms with Crippen LogP contribution in [0.4, 0.5) is 5.69 Å². The highest BCUT2D eigenvalue weighted by atomic mass is 16.6. The van der Waals surface area contributed by atoms with E-state index < -0.39 is 4.92 Å². The first kappa shape index (κ1) is 19.6. The predicted molar refractivity (Wildman–Crippen MR) is 103 cm³/mol. The summed E-state index contributed by atoms with van der Waals surface area (Å²) in [6.45, 7) is 3.69. The Hall–Kier alpha value is -3.13. The molecule has 0 aromatic heterocycles. The number of hydrogen-bond donors (Lipinski definition) is 1. The summed E-state index contributed by atoms with van der Waals surface area (Å²) in [5.41, 5.74) is 1.44. The van der Waals surface area contributed by atoms with Crippen molar-refractivity contribution in [3.8, 4) is 11.5 Å². The topological polar surface area (TPSA) is 86.4 Å². The van der Waals surface area contributed by atoms with Crippen LogP contribution in [0.2, 0.25) is 0 Å². The molecule has 1 fully saturated rings. The van der Waals surface area contributed by atoms with Gasteiger partial charge in [-0.3, -0.25) is 14.9 Å². The van der Waals surface area contributed by atoms with E-state index in [2.05, 4.69) is 0 Å². The summed E-state index contributed by atoms with van der Waals surface area (Å²) in [6.07, 6.45) is 0. The van der Waals surface area contributed by atoms with E-state index in [9.17, 15) is 14.9 Å². The number of nitrogens with one attached hydrogen (secondary N) is 1. The number of rotatable bonds is 6. The SMILES string of the molecule is COc1ccc(C[NH+]2CCN(C(=O)c3cccc([N+](=O)[O-])c3)CC2)cc1OC. The zero-order chi connectivity index (χ0) is 20.1. The van der Waals surface area contributed by atoms with Crippen molar-refractivity contribution < 1.29 is 24.1 Å². The molecule has 1 aliphatic rings. The highest BCUT2D eigenvalue weighted by Crippen LogP contribution is 2.27. The highest BCUT2D eigenvalue weighted by molar-refractivity contribution is 5.94. The van der Waals surface area contributed by atoms with Gasteiger partial charge >= 0.3 is 0 Å². The van der Waals surface area contributed by atoms with Crippen LogP contribution in [0.3, 0.4) is 0 Å². The van der Waals surface area contributed by atoms with Gasteiger partial charge in [0, 0.05) is 23.3 Å². The van der Waals surface area contributed by atoms with E-state index in [-0.39, 0.29) is 11.6 Å². The molecule has 148 valence electrons. The summed E-state index contributed by atoms with van der Waals surface area (Å²) < 4.78 is 10.6. The number of carbonyl (C=O) groups is 1. The van der Waals surface area contributed by atoms with Gasteiger partial charge in [0.1, 0.15) is 6.54 Å². The van der Waals surface area contributed by atoms with Crippen LogP contribution in [0.15, 0.2) is 42.5 Å². The molecule has 8 heteroatoms. The number of piperazine rings is 1. The number of nitro benzene ring substituents is 1. The number of benzene rings is 2. The van der Waals surface area contributed by atoms with E-state index in [0.29, 0.717) is 30.2 Å². The third-order valence-electron chi connectivity index (χ3n) is 4.96. The van der Waals surface area contributed by atoms with E-state index in [4.69, 9.17) is 9.47 Å². The summed E-state index contributed by atoms with van der Waals surface area (Å²) in [4.78, 5) is 26.2. The fourth-order valence-corrected chi connectivity index (χ4v) is 3.42. The Labute approximate surface area is 163 Å². The highest BCUT2D eigenvalue weighted by Gasteiger charge is 2.25. The Bertz CT molecular complexity index is 863. The zero-order valence-electron chi connectivity index (χ0n) is 16.0. The molecule has 0 radical (unpaired) electrons. The molecule has 0 bridgehead atoms. The average molecular weight is 386 g/mol. The number of ether oxygens (including phenoxy) is 2. The molecule has 1 amide bonds. The van der Waals surface area contributed by atoms with Crippen LogP contribution in [0.5, 0.6) is 11.5 Å². The van der Waals surface area contributed by atoms with Gasteiger partial charge in [0.05, 0.1) is 45.3 Å². The van der Waals surface area contributed by atoms with Crippen LogP contribution in [0.25, 0.3) is 0 Å². The van der Waals surface area contributed by atoms with Crippen molar-refractivity contribution >= 4 is 11.6 Å². The summed E-state index contributed by atoms with van der Waals surface area (Å²) in [5.74, 6) is 1.25. The molecule has 0 saturated carbocycles. The van der Waals surface area contributed by atoms with E-state index in [0.717, 1.165) is 25.2 Å². The van der Waals surface area contributed by atoms with Crippen molar-refractivity contribution in [1.29, 1.82) is 0 Å². The van der Waals surface area contributed by atoms with E-state index in [1.807, 2.05) is 18.2 Å². The molecule has 1 N–H and O–H groups in total. The fraction of sp³-hybridized carbons (Fsp3) is 0.350. The van der Waals surface area contributed by atoms with E-state index in [1.165, 1.54) is 17.0 Å². The van der Waals surface area contributed by atoms with Gasteiger partial charge in [0.15, 0.2) is 11.5 Å². The Morgan fingerprint density at radius 3 is 2.46 bits per heavy atom. The number of hydrogen-bond acceptors (Lipinski definition) is 5. The van der Waals surface area contributed by atoms with Crippen molar-refractivity contribution in [3.63, 3.8) is 0 Å². The van der Waals surface area contributed by atoms with Crippen LogP contribution in [-0.4, -0.2) is 56.1 Å². The van der Waals surface area contributed by atoms with Gasteiger partial charge in [-0.2, -0.15) is 0 Å². The second kappa shape index (κ2) is 8.71. The third-order valence-corrected chi connectivity index (χ3v) is 4.96. The van der Waals surface area contributed by atoms with Gasteiger partial charge in [0.25, 0.3) is 11.6 Å². The predicted octanol–water partition coefficient (Wildman–Crippen LogP) is 1.15. The zero-order valence-corrected chi connectivity index (χ0v) is 16.0. The van der Waals surface area contributed by atoms with Gasteiger partial charge in [-0.1, -0.05) is 6.07 Å². The molecule has 3 rings (SSSR count). The average Bonchev–Trinajstić information content (AvgIpc) is 2.73. The molecule has 1 heterocycles. The first-order valence-electron chi connectivity index (χ1n) is 9.10. The summed E-state index contributed by atoms with van der Waals surface area (Å²) in [5, 5.41) is 10.9. The summed E-state index contributed by atoms with van der Waals surface area (Å²) in [6, 6.07) is 11.8. The fourth-order valence-electron chi connectivity index (χ4n) is 3.42. The number of nitrogens with zero attached hydrogens (tertiary/aromatic N) is 2. The minimum Gasteiger partial charge on any atom is -0.493 e. The number of nitro groups is 1. The largest absolute Gasteiger partial charge is 0.493 e. The lowest BCUT2D eigenvalue weighted by Crippen LogP contribution is -3.13. The molecule has 1 saturated heterocycles. The van der Waals surface area contributed by atoms with Crippen LogP contribution >= 0.6 is 0 Å². The number of methoxy groups -OCH3 is 2. The van der Waals surface area contributed by atoms with Crippen molar-refractivity contribution in [2.75, 3.05) is 40.4 Å². The number of quaternary nitrogens is 1. The number of amides is 1. The lowest BCUT2D eigenvalue weighted by atomic mass is 10.1. The van der Waals surface area contributed by atoms with Crippen molar-refractivity contribution in [1.82, 2.24) is 4.90 Å². The monoisotopic (exact) mass is 386 g/mol. The molecule has 0 atom stereocenters. The first-order chi connectivity index (χ1) is 13.5. The van der Waals surface area contributed by atoms with Crippen LogP contribution in [-0.2, 0) is 6.54 Å². The summed E-state index contributed by atoms with van der Waals surface area (Å²) in [7, 11) is 3.23. The minimum absolute atomic E-state index is 0.0661. The second-order valence-electron chi connectivity index (χ2n) is 6.72. The standard InChI is InChI=1S/C20H23N3O5/c1-27-18-7-6-15(12-19(18)28-2)14-21-8-10-22(11-9-21)20(24)16-4-3-5-17(13-16)23(25)26/h3-7,12-13H,8-11,14H2,1-2H3/p+1. The van der Waals surface area contributed by atoms with Gasteiger partial charge in [-0.05, 0) is 24.3 Å². The molecular weight excluding hydrogens is 362 g/mol. The van der Waals surface area contributed by atoms with Gasteiger partial charge in [-0.15, -0.1) is 0 Å². The van der Waals surface area contributed by atoms with Gasteiger partial charge in [-0.25, -0.2) is 0 Å². The number of non-ortho nitro benzene ring substituents is 1. The van der Waals surface area contributed by atoms with E-state index >= 15 is 0 Å². The lowest BCUT2D eigenvalue weighted by molar-refractivity contribution is -0.917. The van der Waals surface area contributed by atoms with Gasteiger partial charge in [0.2, 0.25) is 0 Å². The van der Waals surface area contributed by atoms with Crippen LogP contribution in [0, 0.1) is 10.1 Å². The molecule has 2 aromatic carbocycles. The Kier molecular flexibility index (Phi) is 6.10. The van der Waals surface area contributed by atoms with E-state index in [1.54, 1.807) is 31.3 Å². The maximum Gasteiger partial charge on any atom is 0.270 e. The second-order valence-corrected chi connectivity index (χ2v) is 6.72. The normalized spacial score (nSPS) is 14.6. The van der Waals surface area contributed by atoms with Crippen LogP contribution in [0.1, 0.15) is 15.9 Å².